The van der Waals surface area contributed by atoms with Crippen LogP contribution in [-0.2, 0) is 6.54 Å². The standard InChI is InChI=1S/C14H19N5O/c1-2-16-12-8-13(18-14(15)17-12)19(10-5-6-10)9-11-4-3-7-20-11/h3-4,7-8,10H,2,5-6,9H2,1H3,(H3,15,16,17,18). The summed E-state index contributed by atoms with van der Waals surface area (Å²) in [5.74, 6) is 2.84. The Bertz CT molecular complexity index is 565. The van der Waals surface area contributed by atoms with Crippen LogP contribution in [-0.4, -0.2) is 22.6 Å². The van der Waals surface area contributed by atoms with E-state index in [0.717, 1.165) is 23.9 Å². The Kier molecular flexibility index (Phi) is 3.45. The molecule has 2 aromatic heterocycles. The van der Waals surface area contributed by atoms with E-state index in [9.17, 15) is 0 Å². The van der Waals surface area contributed by atoms with Crippen molar-refractivity contribution in [2.75, 3.05) is 22.5 Å². The summed E-state index contributed by atoms with van der Waals surface area (Å²) in [5.41, 5.74) is 5.81. The van der Waals surface area contributed by atoms with E-state index < -0.39 is 0 Å². The van der Waals surface area contributed by atoms with Crippen molar-refractivity contribution in [2.24, 2.45) is 0 Å². The van der Waals surface area contributed by atoms with Gasteiger partial charge in [0.05, 0.1) is 12.8 Å². The van der Waals surface area contributed by atoms with Crippen molar-refractivity contribution in [2.45, 2.75) is 32.4 Å². The van der Waals surface area contributed by atoms with Crippen molar-refractivity contribution in [3.05, 3.63) is 30.2 Å². The van der Waals surface area contributed by atoms with Crippen LogP contribution in [0.2, 0.25) is 0 Å². The van der Waals surface area contributed by atoms with E-state index in [1.54, 1.807) is 6.26 Å². The Hall–Kier alpha value is -2.24. The molecule has 0 radical (unpaired) electrons. The molecule has 0 aliphatic heterocycles. The number of nitrogens with two attached hydrogens (primary N) is 1. The Labute approximate surface area is 118 Å². The normalized spacial score (nSPS) is 14.2. The third kappa shape index (κ3) is 2.84. The molecule has 0 spiro atoms. The van der Waals surface area contributed by atoms with Gasteiger partial charge in [-0.25, -0.2) is 0 Å². The largest absolute Gasteiger partial charge is 0.467 e. The van der Waals surface area contributed by atoms with Crippen molar-refractivity contribution in [3.8, 4) is 0 Å². The van der Waals surface area contributed by atoms with Crippen LogP contribution in [0.3, 0.4) is 0 Å². The first kappa shape index (κ1) is 12.8. The predicted octanol–water partition coefficient (Wildman–Crippen LogP) is 2.25. The van der Waals surface area contributed by atoms with Crippen LogP contribution in [0.25, 0.3) is 0 Å². The summed E-state index contributed by atoms with van der Waals surface area (Å²) in [6.07, 6.45) is 4.06. The Morgan fingerprint density at radius 2 is 2.30 bits per heavy atom. The van der Waals surface area contributed by atoms with Crippen molar-refractivity contribution in [1.29, 1.82) is 0 Å². The minimum absolute atomic E-state index is 0.295. The molecule has 3 rings (SSSR count). The Morgan fingerprint density at radius 1 is 1.45 bits per heavy atom. The van der Waals surface area contributed by atoms with E-state index in [0.29, 0.717) is 18.5 Å². The molecule has 1 fully saturated rings. The SMILES string of the molecule is CCNc1cc(N(Cc2ccco2)C2CC2)nc(N)n1. The molecule has 2 heterocycles. The monoisotopic (exact) mass is 273 g/mol. The van der Waals surface area contributed by atoms with E-state index in [2.05, 4.69) is 20.2 Å². The van der Waals surface area contributed by atoms with Gasteiger partial charge in [0, 0.05) is 18.7 Å². The number of nitrogens with one attached hydrogen (secondary N) is 1. The molecule has 6 nitrogen and oxygen atoms in total. The smallest absolute Gasteiger partial charge is 0.223 e. The zero-order valence-corrected chi connectivity index (χ0v) is 11.5. The van der Waals surface area contributed by atoms with Crippen LogP contribution >= 0.6 is 0 Å². The van der Waals surface area contributed by atoms with Gasteiger partial charge in [0.1, 0.15) is 17.4 Å². The molecule has 2 aromatic rings. The minimum Gasteiger partial charge on any atom is -0.467 e. The van der Waals surface area contributed by atoms with Crippen molar-refractivity contribution >= 4 is 17.6 Å². The molecule has 6 heteroatoms. The van der Waals surface area contributed by atoms with Crippen LogP contribution in [0.1, 0.15) is 25.5 Å². The van der Waals surface area contributed by atoms with Crippen LogP contribution in [0, 0.1) is 0 Å². The molecule has 1 aliphatic rings. The second-order valence-electron chi connectivity index (χ2n) is 4.94. The van der Waals surface area contributed by atoms with Gasteiger partial charge in [-0.2, -0.15) is 9.97 Å². The summed E-state index contributed by atoms with van der Waals surface area (Å²) < 4.78 is 5.44. The lowest BCUT2D eigenvalue weighted by molar-refractivity contribution is 0.500. The maximum Gasteiger partial charge on any atom is 0.223 e. The summed E-state index contributed by atoms with van der Waals surface area (Å²) in [7, 11) is 0. The first-order valence-corrected chi connectivity index (χ1v) is 6.93. The lowest BCUT2D eigenvalue weighted by Crippen LogP contribution is -2.26. The molecule has 106 valence electrons. The molecule has 0 saturated heterocycles. The second-order valence-corrected chi connectivity index (χ2v) is 4.94. The molecule has 0 atom stereocenters. The van der Waals surface area contributed by atoms with E-state index >= 15 is 0 Å². The number of nitrogens with zero attached hydrogens (tertiary/aromatic N) is 3. The average Bonchev–Trinajstić information content (AvgIpc) is 3.12. The third-order valence-electron chi connectivity index (χ3n) is 3.28. The summed E-state index contributed by atoms with van der Waals surface area (Å²) in [4.78, 5) is 10.8. The molecular weight excluding hydrogens is 254 g/mol. The average molecular weight is 273 g/mol. The molecule has 0 unspecified atom stereocenters. The maximum absolute atomic E-state index is 5.81. The van der Waals surface area contributed by atoms with Crippen LogP contribution in [0.4, 0.5) is 17.6 Å². The quantitative estimate of drug-likeness (QED) is 0.840. The number of hydrogen-bond acceptors (Lipinski definition) is 6. The number of hydrogen-bond donors (Lipinski definition) is 2. The molecule has 20 heavy (non-hydrogen) atoms. The highest BCUT2D eigenvalue weighted by molar-refractivity contribution is 5.53. The highest BCUT2D eigenvalue weighted by Crippen LogP contribution is 2.33. The Morgan fingerprint density at radius 3 is 2.95 bits per heavy atom. The number of nitrogen functional groups attached to an aromatic ring is 1. The molecule has 3 N–H and O–H groups in total. The van der Waals surface area contributed by atoms with Gasteiger partial charge in [0.2, 0.25) is 5.95 Å². The topological polar surface area (TPSA) is 80.2 Å². The van der Waals surface area contributed by atoms with Gasteiger partial charge in [0.25, 0.3) is 0 Å². The first-order valence-electron chi connectivity index (χ1n) is 6.93. The van der Waals surface area contributed by atoms with Gasteiger partial charge < -0.3 is 20.4 Å². The zero-order chi connectivity index (χ0) is 13.9. The summed E-state index contributed by atoms with van der Waals surface area (Å²) in [5, 5.41) is 3.18. The predicted molar refractivity (Wildman–Crippen MR) is 78.5 cm³/mol. The van der Waals surface area contributed by atoms with Crippen LogP contribution in [0.5, 0.6) is 0 Å². The van der Waals surface area contributed by atoms with E-state index in [4.69, 9.17) is 10.2 Å². The third-order valence-corrected chi connectivity index (χ3v) is 3.28. The number of aromatic nitrogens is 2. The highest BCUT2D eigenvalue weighted by Gasteiger charge is 2.31. The fraction of sp³-hybridized carbons (Fsp3) is 0.429. The number of rotatable bonds is 6. The van der Waals surface area contributed by atoms with Gasteiger partial charge in [-0.05, 0) is 31.9 Å². The van der Waals surface area contributed by atoms with E-state index in [-0.39, 0.29) is 0 Å². The van der Waals surface area contributed by atoms with Crippen LogP contribution in [0.15, 0.2) is 28.9 Å². The van der Waals surface area contributed by atoms with Crippen LogP contribution < -0.4 is 16.0 Å². The van der Waals surface area contributed by atoms with Gasteiger partial charge >= 0.3 is 0 Å². The first-order chi connectivity index (χ1) is 9.76. The molecule has 1 saturated carbocycles. The number of furan rings is 1. The lowest BCUT2D eigenvalue weighted by Gasteiger charge is -2.23. The molecule has 0 bridgehead atoms. The van der Waals surface area contributed by atoms with Crippen molar-refractivity contribution < 1.29 is 4.42 Å². The summed E-state index contributed by atoms with van der Waals surface area (Å²) >= 11 is 0. The van der Waals surface area contributed by atoms with Gasteiger partial charge in [-0.1, -0.05) is 0 Å². The molecule has 1 aliphatic carbocycles. The lowest BCUT2D eigenvalue weighted by atomic mass is 10.3. The fourth-order valence-corrected chi connectivity index (χ4v) is 2.23. The van der Waals surface area contributed by atoms with Gasteiger partial charge in [-0.15, -0.1) is 0 Å². The van der Waals surface area contributed by atoms with E-state index in [1.807, 2.05) is 25.1 Å². The molecule has 0 aromatic carbocycles. The van der Waals surface area contributed by atoms with E-state index in [1.165, 1.54) is 12.8 Å². The highest BCUT2D eigenvalue weighted by atomic mass is 16.3. The maximum atomic E-state index is 5.81. The summed E-state index contributed by atoms with van der Waals surface area (Å²) in [6, 6.07) is 6.34. The van der Waals surface area contributed by atoms with Gasteiger partial charge in [-0.3, -0.25) is 0 Å². The fourth-order valence-electron chi connectivity index (χ4n) is 2.23. The summed E-state index contributed by atoms with van der Waals surface area (Å²) in [6.45, 7) is 3.54. The van der Waals surface area contributed by atoms with Gasteiger partial charge in [0.15, 0.2) is 0 Å². The van der Waals surface area contributed by atoms with Crippen molar-refractivity contribution in [3.63, 3.8) is 0 Å². The number of anilines is 3. The zero-order valence-electron chi connectivity index (χ0n) is 11.5. The molecular formula is C14H19N5O. The molecule has 0 amide bonds. The Balaban J connectivity index is 1.86. The second kappa shape index (κ2) is 5.40. The van der Waals surface area contributed by atoms with Crippen molar-refractivity contribution in [1.82, 2.24) is 9.97 Å². The minimum atomic E-state index is 0.295.